The van der Waals surface area contributed by atoms with Crippen LogP contribution in [0.2, 0.25) is 0 Å². The Morgan fingerprint density at radius 1 is 1.03 bits per heavy atom. The summed E-state index contributed by atoms with van der Waals surface area (Å²) >= 11 is 3.47. The number of carboxylic acids is 1. The number of piperazine rings is 1. The summed E-state index contributed by atoms with van der Waals surface area (Å²) in [4.78, 5) is 35.9. The lowest BCUT2D eigenvalue weighted by Crippen LogP contribution is -2.49. The normalized spacial score (nSPS) is 15.7. The Labute approximate surface area is 219 Å². The molecular formula is C25H25BrF3N5O3. The van der Waals surface area contributed by atoms with Gasteiger partial charge in [-0.3, -0.25) is 4.79 Å². The first-order valence-electron chi connectivity index (χ1n) is 11.7. The van der Waals surface area contributed by atoms with Gasteiger partial charge in [-0.25, -0.2) is 14.8 Å². The average molecular weight is 580 g/mol. The molecule has 2 fully saturated rings. The number of halogens is 4. The van der Waals surface area contributed by atoms with Crippen molar-refractivity contribution in [1.82, 2.24) is 14.9 Å². The van der Waals surface area contributed by atoms with Gasteiger partial charge in [-0.15, -0.1) is 0 Å². The number of carboxylic acid groups (broad SMARTS) is 1. The maximum Gasteiger partial charge on any atom is 0.490 e. The molecule has 12 heteroatoms. The zero-order valence-corrected chi connectivity index (χ0v) is 21.5. The van der Waals surface area contributed by atoms with Crippen LogP contribution in [-0.2, 0) is 4.79 Å². The summed E-state index contributed by atoms with van der Waals surface area (Å²) in [5.41, 5.74) is 3.57. The molecule has 0 atom stereocenters. The van der Waals surface area contributed by atoms with E-state index in [1.165, 1.54) is 12.8 Å². The van der Waals surface area contributed by atoms with Crippen LogP contribution in [0.4, 0.5) is 24.8 Å². The molecule has 1 saturated carbocycles. The van der Waals surface area contributed by atoms with Gasteiger partial charge in [0.2, 0.25) is 0 Å². The number of hydrogen-bond donors (Lipinski definition) is 2. The highest BCUT2D eigenvalue weighted by atomic mass is 79.9. The standard InChI is InChI=1S/C23H24BrN5O.C2HF3O2/c1-15-14-16(24)6-9-18(15)23(30)29-12-10-28(11-13-29)22-21(25-17-7-8-17)26-19-4-2-3-5-20(19)27-22;3-2(4,5)1(6)7/h2-6,9,14,17H,7-8,10-13H2,1H3,(H,25,26);(H,6,7). The van der Waals surface area contributed by atoms with Crippen molar-refractivity contribution in [1.29, 1.82) is 0 Å². The summed E-state index contributed by atoms with van der Waals surface area (Å²) in [5, 5.41) is 10.7. The minimum absolute atomic E-state index is 0.0978. The van der Waals surface area contributed by atoms with Crippen LogP contribution in [0.5, 0.6) is 0 Å². The van der Waals surface area contributed by atoms with Crippen LogP contribution in [-0.4, -0.2) is 70.2 Å². The molecule has 1 aromatic heterocycles. The van der Waals surface area contributed by atoms with Crippen molar-refractivity contribution in [2.75, 3.05) is 36.4 Å². The van der Waals surface area contributed by atoms with Crippen molar-refractivity contribution >= 4 is 50.5 Å². The Morgan fingerprint density at radius 3 is 2.16 bits per heavy atom. The number of amides is 1. The second kappa shape index (κ2) is 10.9. The van der Waals surface area contributed by atoms with Gasteiger partial charge in [0.25, 0.3) is 5.91 Å². The monoisotopic (exact) mass is 579 g/mol. The van der Waals surface area contributed by atoms with Crippen LogP contribution in [0.3, 0.4) is 0 Å². The van der Waals surface area contributed by atoms with Crippen molar-refractivity contribution in [3.8, 4) is 0 Å². The number of benzene rings is 2. The smallest absolute Gasteiger partial charge is 0.475 e. The number of aliphatic carboxylic acids is 1. The predicted molar refractivity (Wildman–Crippen MR) is 137 cm³/mol. The summed E-state index contributed by atoms with van der Waals surface area (Å²) in [5.74, 6) is -0.902. The minimum Gasteiger partial charge on any atom is -0.475 e. The van der Waals surface area contributed by atoms with Crippen molar-refractivity contribution in [2.24, 2.45) is 0 Å². The number of carbonyl (C=O) groups excluding carboxylic acids is 1. The van der Waals surface area contributed by atoms with Crippen molar-refractivity contribution in [2.45, 2.75) is 32.0 Å². The van der Waals surface area contributed by atoms with Gasteiger partial charge in [0.15, 0.2) is 11.6 Å². The topological polar surface area (TPSA) is 98.7 Å². The number of hydrogen-bond acceptors (Lipinski definition) is 6. The average Bonchev–Trinajstić information content (AvgIpc) is 3.67. The van der Waals surface area contributed by atoms with E-state index in [1.807, 2.05) is 54.3 Å². The molecule has 3 aromatic rings. The molecule has 2 N–H and O–H groups in total. The maximum atomic E-state index is 13.0. The van der Waals surface area contributed by atoms with E-state index < -0.39 is 12.1 Å². The fraction of sp³-hybridized carbons (Fsp3) is 0.360. The molecule has 37 heavy (non-hydrogen) atoms. The first-order valence-corrected chi connectivity index (χ1v) is 12.5. The van der Waals surface area contributed by atoms with Gasteiger partial charge in [-0.2, -0.15) is 13.2 Å². The molecule has 1 aliphatic heterocycles. The Bertz CT molecular complexity index is 1310. The van der Waals surface area contributed by atoms with Gasteiger partial charge in [-0.1, -0.05) is 28.1 Å². The van der Waals surface area contributed by atoms with E-state index >= 15 is 0 Å². The van der Waals surface area contributed by atoms with Crippen LogP contribution >= 0.6 is 15.9 Å². The largest absolute Gasteiger partial charge is 0.490 e. The number of nitrogens with one attached hydrogen (secondary N) is 1. The second-order valence-electron chi connectivity index (χ2n) is 8.84. The van der Waals surface area contributed by atoms with Crippen molar-refractivity contribution < 1.29 is 27.9 Å². The number of aryl methyl sites for hydroxylation is 1. The molecule has 1 aliphatic carbocycles. The van der Waals surface area contributed by atoms with Gasteiger partial charge < -0.3 is 20.2 Å². The number of para-hydroxylation sites is 2. The molecular weight excluding hydrogens is 555 g/mol. The summed E-state index contributed by atoms with van der Waals surface area (Å²) in [6.45, 7) is 4.81. The van der Waals surface area contributed by atoms with Crippen LogP contribution in [0.25, 0.3) is 11.0 Å². The van der Waals surface area contributed by atoms with Crippen LogP contribution < -0.4 is 10.2 Å². The summed E-state index contributed by atoms with van der Waals surface area (Å²) in [6.07, 6.45) is -2.72. The number of rotatable bonds is 4. The molecule has 0 spiro atoms. The van der Waals surface area contributed by atoms with E-state index in [4.69, 9.17) is 19.9 Å². The Hall–Kier alpha value is -3.41. The zero-order valence-electron chi connectivity index (χ0n) is 19.9. The fourth-order valence-corrected chi connectivity index (χ4v) is 4.36. The van der Waals surface area contributed by atoms with E-state index in [0.29, 0.717) is 19.1 Å². The van der Waals surface area contributed by atoms with Gasteiger partial charge in [0.05, 0.1) is 11.0 Å². The molecule has 0 bridgehead atoms. The lowest BCUT2D eigenvalue weighted by molar-refractivity contribution is -0.192. The van der Waals surface area contributed by atoms with Crippen molar-refractivity contribution in [3.63, 3.8) is 0 Å². The second-order valence-corrected chi connectivity index (χ2v) is 9.76. The van der Waals surface area contributed by atoms with Gasteiger partial charge in [0.1, 0.15) is 0 Å². The molecule has 0 unspecified atom stereocenters. The van der Waals surface area contributed by atoms with Crippen LogP contribution in [0.15, 0.2) is 46.9 Å². The van der Waals surface area contributed by atoms with Crippen molar-refractivity contribution in [3.05, 3.63) is 58.1 Å². The zero-order chi connectivity index (χ0) is 26.7. The van der Waals surface area contributed by atoms with E-state index in [9.17, 15) is 18.0 Å². The maximum absolute atomic E-state index is 13.0. The molecule has 0 radical (unpaired) electrons. The summed E-state index contributed by atoms with van der Waals surface area (Å²) in [7, 11) is 0. The lowest BCUT2D eigenvalue weighted by atomic mass is 10.1. The molecule has 2 aliphatic rings. The van der Waals surface area contributed by atoms with Gasteiger partial charge >= 0.3 is 12.1 Å². The highest BCUT2D eigenvalue weighted by molar-refractivity contribution is 9.10. The quantitative estimate of drug-likeness (QED) is 0.455. The van der Waals surface area contributed by atoms with E-state index in [1.54, 1.807) is 0 Å². The molecule has 5 rings (SSSR count). The molecule has 1 saturated heterocycles. The van der Waals surface area contributed by atoms with Gasteiger partial charge in [0, 0.05) is 42.3 Å². The first-order chi connectivity index (χ1) is 17.5. The highest BCUT2D eigenvalue weighted by Crippen LogP contribution is 2.31. The lowest BCUT2D eigenvalue weighted by Gasteiger charge is -2.36. The fourth-order valence-electron chi connectivity index (χ4n) is 3.89. The molecule has 2 heterocycles. The molecule has 8 nitrogen and oxygen atoms in total. The van der Waals surface area contributed by atoms with E-state index in [0.717, 1.165) is 51.4 Å². The minimum atomic E-state index is -5.08. The number of alkyl halides is 3. The molecule has 2 aromatic carbocycles. The summed E-state index contributed by atoms with van der Waals surface area (Å²) in [6, 6.07) is 14.3. The third kappa shape index (κ3) is 6.68. The molecule has 1 amide bonds. The third-order valence-corrected chi connectivity index (χ3v) is 6.49. The Balaban J connectivity index is 0.000000405. The number of aromatic nitrogens is 2. The van der Waals surface area contributed by atoms with E-state index in [-0.39, 0.29) is 5.91 Å². The summed E-state index contributed by atoms with van der Waals surface area (Å²) < 4.78 is 32.7. The number of fused-ring (bicyclic) bond motifs is 1. The number of anilines is 2. The van der Waals surface area contributed by atoms with Gasteiger partial charge in [-0.05, 0) is 55.7 Å². The van der Waals surface area contributed by atoms with E-state index in [2.05, 4.69) is 26.1 Å². The highest BCUT2D eigenvalue weighted by Gasteiger charge is 2.38. The Kier molecular flexibility index (Phi) is 7.86. The Morgan fingerprint density at radius 2 is 1.62 bits per heavy atom. The molecule has 196 valence electrons. The number of nitrogens with zero attached hydrogens (tertiary/aromatic N) is 4. The third-order valence-electron chi connectivity index (χ3n) is 6.00. The SMILES string of the molecule is Cc1cc(Br)ccc1C(=O)N1CCN(c2nc3ccccc3nc2NC2CC2)CC1.O=C(O)C(F)(F)F. The van der Waals surface area contributed by atoms with Crippen LogP contribution in [0.1, 0.15) is 28.8 Å². The predicted octanol–water partition coefficient (Wildman–Crippen LogP) is 4.87. The van der Waals surface area contributed by atoms with Crippen LogP contribution in [0, 0.1) is 6.92 Å². The number of carbonyl (C=O) groups is 2. The first kappa shape index (κ1) is 26.6.